The SMILES string of the molecule is CCC(C)N1CCCn2nc(C(C)=O)cc2C1. The Hall–Kier alpha value is -1.16. The summed E-state index contributed by atoms with van der Waals surface area (Å²) in [4.78, 5) is 13.8. The zero-order chi connectivity index (χ0) is 12.4. The normalized spacial score (nSPS) is 18.5. The molecule has 0 radical (unpaired) electrons. The van der Waals surface area contributed by atoms with Crippen LogP contribution in [0.2, 0.25) is 0 Å². The van der Waals surface area contributed by atoms with Crippen molar-refractivity contribution in [2.24, 2.45) is 0 Å². The predicted molar refractivity (Wildman–Crippen MR) is 67.0 cm³/mol. The molecule has 4 nitrogen and oxygen atoms in total. The second kappa shape index (κ2) is 5.00. The van der Waals surface area contributed by atoms with E-state index in [1.165, 1.54) is 5.69 Å². The lowest BCUT2D eigenvalue weighted by Crippen LogP contribution is -2.32. The number of aryl methyl sites for hydroxylation is 1. The van der Waals surface area contributed by atoms with E-state index in [4.69, 9.17) is 0 Å². The highest BCUT2D eigenvalue weighted by Gasteiger charge is 2.20. The van der Waals surface area contributed by atoms with Gasteiger partial charge in [0.1, 0.15) is 5.69 Å². The van der Waals surface area contributed by atoms with Gasteiger partial charge < -0.3 is 0 Å². The summed E-state index contributed by atoms with van der Waals surface area (Å²) in [7, 11) is 0. The van der Waals surface area contributed by atoms with E-state index in [9.17, 15) is 4.79 Å². The van der Waals surface area contributed by atoms with Crippen molar-refractivity contribution in [1.29, 1.82) is 0 Å². The van der Waals surface area contributed by atoms with Gasteiger partial charge in [-0.25, -0.2) is 0 Å². The maximum atomic E-state index is 11.3. The zero-order valence-corrected chi connectivity index (χ0v) is 10.9. The first kappa shape index (κ1) is 12.3. The van der Waals surface area contributed by atoms with E-state index in [-0.39, 0.29) is 5.78 Å². The molecule has 0 aliphatic carbocycles. The molecule has 0 fully saturated rings. The molecule has 1 aromatic heterocycles. The van der Waals surface area contributed by atoms with E-state index in [2.05, 4.69) is 23.8 Å². The highest BCUT2D eigenvalue weighted by atomic mass is 16.1. The van der Waals surface area contributed by atoms with E-state index in [1.807, 2.05) is 10.7 Å². The number of Topliss-reactive ketones (excluding diaryl/α,β-unsaturated/α-hetero) is 1. The summed E-state index contributed by atoms with van der Waals surface area (Å²) in [5, 5.41) is 4.37. The van der Waals surface area contributed by atoms with Crippen LogP contribution in [-0.4, -0.2) is 33.1 Å². The Morgan fingerprint density at radius 2 is 2.29 bits per heavy atom. The van der Waals surface area contributed by atoms with Gasteiger partial charge in [0, 0.05) is 32.6 Å². The van der Waals surface area contributed by atoms with Gasteiger partial charge in [-0.05, 0) is 25.8 Å². The standard InChI is InChI=1S/C13H21N3O/c1-4-10(2)15-6-5-7-16-12(9-15)8-13(14-16)11(3)17/h8,10H,4-7,9H2,1-3H3. The lowest BCUT2D eigenvalue weighted by Gasteiger charge is -2.26. The quantitative estimate of drug-likeness (QED) is 0.753. The fourth-order valence-corrected chi connectivity index (χ4v) is 2.29. The molecule has 1 aliphatic rings. The number of carbonyl (C=O) groups is 1. The van der Waals surface area contributed by atoms with Crippen LogP contribution >= 0.6 is 0 Å². The fourth-order valence-electron chi connectivity index (χ4n) is 2.29. The van der Waals surface area contributed by atoms with Crippen molar-refractivity contribution in [3.63, 3.8) is 0 Å². The topological polar surface area (TPSA) is 38.1 Å². The molecule has 2 rings (SSSR count). The van der Waals surface area contributed by atoms with Crippen LogP contribution in [0.25, 0.3) is 0 Å². The summed E-state index contributed by atoms with van der Waals surface area (Å²) in [5.74, 6) is 0.0562. The lowest BCUT2D eigenvalue weighted by atomic mass is 10.2. The van der Waals surface area contributed by atoms with Gasteiger partial charge in [0.2, 0.25) is 0 Å². The average Bonchev–Trinajstić information content (AvgIpc) is 2.61. The fraction of sp³-hybridized carbons (Fsp3) is 0.692. The maximum absolute atomic E-state index is 11.3. The second-order valence-corrected chi connectivity index (χ2v) is 4.88. The molecule has 1 unspecified atom stereocenters. The third-order valence-electron chi connectivity index (χ3n) is 3.62. The highest BCUT2D eigenvalue weighted by molar-refractivity contribution is 5.92. The molecule has 1 aliphatic heterocycles. The summed E-state index contributed by atoms with van der Waals surface area (Å²) in [5.41, 5.74) is 1.78. The minimum atomic E-state index is 0.0562. The summed E-state index contributed by atoms with van der Waals surface area (Å²) in [6, 6.07) is 2.54. The van der Waals surface area contributed by atoms with E-state index in [0.717, 1.165) is 32.5 Å². The van der Waals surface area contributed by atoms with E-state index in [1.54, 1.807) is 6.92 Å². The van der Waals surface area contributed by atoms with Crippen molar-refractivity contribution < 1.29 is 4.79 Å². The van der Waals surface area contributed by atoms with Crippen molar-refractivity contribution in [2.75, 3.05) is 6.54 Å². The number of rotatable bonds is 3. The third-order valence-corrected chi connectivity index (χ3v) is 3.62. The van der Waals surface area contributed by atoms with Crippen molar-refractivity contribution in [3.8, 4) is 0 Å². The van der Waals surface area contributed by atoms with Gasteiger partial charge in [-0.2, -0.15) is 5.10 Å². The van der Waals surface area contributed by atoms with Crippen LogP contribution in [-0.2, 0) is 13.1 Å². The molecular formula is C13H21N3O. The van der Waals surface area contributed by atoms with Crippen LogP contribution in [0.3, 0.4) is 0 Å². The average molecular weight is 235 g/mol. The van der Waals surface area contributed by atoms with Gasteiger partial charge >= 0.3 is 0 Å². The number of hydrogen-bond acceptors (Lipinski definition) is 3. The van der Waals surface area contributed by atoms with E-state index >= 15 is 0 Å². The maximum Gasteiger partial charge on any atom is 0.179 e. The van der Waals surface area contributed by atoms with Gasteiger partial charge in [0.05, 0.1) is 5.69 Å². The first-order chi connectivity index (χ1) is 8.11. The molecule has 94 valence electrons. The number of carbonyl (C=O) groups excluding carboxylic acids is 1. The van der Waals surface area contributed by atoms with E-state index in [0.29, 0.717) is 11.7 Å². The summed E-state index contributed by atoms with van der Waals surface area (Å²) < 4.78 is 2.00. The largest absolute Gasteiger partial charge is 0.295 e. The summed E-state index contributed by atoms with van der Waals surface area (Å²) in [6.45, 7) is 9.01. The number of hydrogen-bond donors (Lipinski definition) is 0. The van der Waals surface area contributed by atoms with Crippen LogP contribution in [0.1, 0.15) is 49.8 Å². The van der Waals surface area contributed by atoms with Crippen molar-refractivity contribution in [1.82, 2.24) is 14.7 Å². The molecule has 0 saturated carbocycles. The molecule has 1 atom stereocenters. The Morgan fingerprint density at radius 3 is 2.94 bits per heavy atom. The minimum Gasteiger partial charge on any atom is -0.295 e. The number of fused-ring (bicyclic) bond motifs is 1. The van der Waals surface area contributed by atoms with Crippen LogP contribution in [0.15, 0.2) is 6.07 Å². The zero-order valence-electron chi connectivity index (χ0n) is 10.9. The monoisotopic (exact) mass is 235 g/mol. The molecule has 0 saturated heterocycles. The van der Waals surface area contributed by atoms with Gasteiger partial charge in [0.15, 0.2) is 5.78 Å². The first-order valence-corrected chi connectivity index (χ1v) is 6.43. The molecule has 4 heteroatoms. The van der Waals surface area contributed by atoms with Crippen molar-refractivity contribution in [3.05, 3.63) is 17.5 Å². The smallest absolute Gasteiger partial charge is 0.179 e. The van der Waals surface area contributed by atoms with Crippen molar-refractivity contribution in [2.45, 2.75) is 52.7 Å². The Balaban J connectivity index is 2.21. The molecule has 0 spiro atoms. The number of ketones is 1. The summed E-state index contributed by atoms with van der Waals surface area (Å²) in [6.07, 6.45) is 2.27. The first-order valence-electron chi connectivity index (χ1n) is 6.43. The molecule has 0 bridgehead atoms. The molecule has 17 heavy (non-hydrogen) atoms. The number of aromatic nitrogens is 2. The van der Waals surface area contributed by atoms with Crippen molar-refractivity contribution >= 4 is 5.78 Å². The van der Waals surface area contributed by atoms with E-state index < -0.39 is 0 Å². The Morgan fingerprint density at radius 1 is 1.53 bits per heavy atom. The van der Waals surface area contributed by atoms with Gasteiger partial charge in [0.25, 0.3) is 0 Å². The molecule has 0 amide bonds. The Labute approximate surface area is 103 Å². The van der Waals surface area contributed by atoms with Crippen LogP contribution in [0.4, 0.5) is 0 Å². The van der Waals surface area contributed by atoms with Crippen LogP contribution in [0.5, 0.6) is 0 Å². The molecule has 0 N–H and O–H groups in total. The molecular weight excluding hydrogens is 214 g/mol. The van der Waals surface area contributed by atoms with Crippen LogP contribution < -0.4 is 0 Å². The lowest BCUT2D eigenvalue weighted by molar-refractivity contribution is 0.101. The Kier molecular flexibility index (Phi) is 3.62. The Bertz CT molecular complexity index is 411. The van der Waals surface area contributed by atoms with Crippen LogP contribution in [0, 0.1) is 0 Å². The predicted octanol–water partition coefficient (Wildman–Crippen LogP) is 2.09. The molecule has 0 aromatic carbocycles. The third kappa shape index (κ3) is 2.57. The minimum absolute atomic E-state index is 0.0562. The highest BCUT2D eigenvalue weighted by Crippen LogP contribution is 2.17. The summed E-state index contributed by atoms with van der Waals surface area (Å²) >= 11 is 0. The van der Waals surface area contributed by atoms with Gasteiger partial charge in [-0.15, -0.1) is 0 Å². The molecule has 1 aromatic rings. The second-order valence-electron chi connectivity index (χ2n) is 4.88. The number of nitrogens with zero attached hydrogens (tertiary/aromatic N) is 3. The molecule has 2 heterocycles. The van der Waals surface area contributed by atoms with Gasteiger partial charge in [-0.1, -0.05) is 6.92 Å². The van der Waals surface area contributed by atoms with Gasteiger partial charge in [-0.3, -0.25) is 14.4 Å².